The first-order valence-electron chi connectivity index (χ1n) is 7.96. The molecule has 0 radical (unpaired) electrons. The fourth-order valence-electron chi connectivity index (χ4n) is 2.69. The van der Waals surface area contributed by atoms with Crippen LogP contribution in [0.5, 0.6) is 5.75 Å². The number of aliphatic hydroxyl groups is 1. The van der Waals surface area contributed by atoms with Crippen molar-refractivity contribution in [2.24, 2.45) is 0 Å². The molecule has 0 unspecified atom stereocenters. The number of hydrogen-bond donors (Lipinski definition) is 3. The van der Waals surface area contributed by atoms with Crippen molar-refractivity contribution < 1.29 is 19.7 Å². The van der Waals surface area contributed by atoms with Gasteiger partial charge in [0.25, 0.3) is 0 Å². The van der Waals surface area contributed by atoms with Crippen LogP contribution in [0.15, 0.2) is 36.4 Å². The van der Waals surface area contributed by atoms with Crippen LogP contribution in [0.1, 0.15) is 34.0 Å². The predicted octanol–water partition coefficient (Wildman–Crippen LogP) is 2.89. The van der Waals surface area contributed by atoms with Crippen molar-refractivity contribution in [2.45, 2.75) is 26.4 Å². The molecule has 5 nitrogen and oxygen atoms in total. The van der Waals surface area contributed by atoms with Gasteiger partial charge in [-0.2, -0.15) is 0 Å². The van der Waals surface area contributed by atoms with Gasteiger partial charge in [0, 0.05) is 17.8 Å². The highest BCUT2D eigenvalue weighted by Crippen LogP contribution is 2.29. The minimum absolute atomic E-state index is 0.107. The number of hydrogen-bond acceptors (Lipinski definition) is 5. The molecule has 0 fully saturated rings. The van der Waals surface area contributed by atoms with Crippen LogP contribution in [-0.2, 0) is 24.2 Å². The first-order valence-corrected chi connectivity index (χ1v) is 7.96. The summed E-state index contributed by atoms with van der Waals surface area (Å²) in [7, 11) is 1.36. The summed E-state index contributed by atoms with van der Waals surface area (Å²) in [4.78, 5) is 11.5. The van der Waals surface area contributed by atoms with E-state index in [-0.39, 0.29) is 18.3 Å². The van der Waals surface area contributed by atoms with Crippen molar-refractivity contribution in [1.82, 2.24) is 0 Å². The summed E-state index contributed by atoms with van der Waals surface area (Å²) in [5.74, 6) is -0.248. The van der Waals surface area contributed by atoms with Gasteiger partial charge in [0.05, 0.1) is 19.3 Å². The van der Waals surface area contributed by atoms with Crippen molar-refractivity contribution >= 4 is 11.7 Å². The zero-order valence-corrected chi connectivity index (χ0v) is 14.0. The molecule has 0 aromatic heterocycles. The van der Waals surface area contributed by atoms with Crippen molar-refractivity contribution in [1.29, 1.82) is 0 Å². The summed E-state index contributed by atoms with van der Waals surface area (Å²) in [6, 6.07) is 10.7. The normalized spacial score (nSPS) is 10.5. The molecule has 0 aliphatic rings. The molecule has 0 saturated carbocycles. The molecule has 128 valence electrons. The predicted molar refractivity (Wildman–Crippen MR) is 93.4 cm³/mol. The number of aliphatic hydroxyl groups excluding tert-OH is 1. The van der Waals surface area contributed by atoms with E-state index in [9.17, 15) is 15.0 Å². The Morgan fingerprint density at radius 1 is 1.08 bits per heavy atom. The SMILES string of the molecule is CCNc1ccc(O)c(CO)c1CCc1ccc(C(=O)OC)cc1. The summed E-state index contributed by atoms with van der Waals surface area (Å²) in [6.45, 7) is 2.55. The van der Waals surface area contributed by atoms with Crippen molar-refractivity contribution in [3.8, 4) is 5.75 Å². The third-order valence-electron chi connectivity index (χ3n) is 3.97. The number of benzene rings is 2. The van der Waals surface area contributed by atoms with E-state index >= 15 is 0 Å². The largest absolute Gasteiger partial charge is 0.508 e. The van der Waals surface area contributed by atoms with E-state index in [1.165, 1.54) is 7.11 Å². The Balaban J connectivity index is 2.19. The number of aryl methyl sites for hydroxylation is 1. The molecule has 0 bridgehead atoms. The van der Waals surface area contributed by atoms with Gasteiger partial charge in [-0.15, -0.1) is 0 Å². The maximum absolute atomic E-state index is 11.5. The van der Waals surface area contributed by atoms with Crippen molar-refractivity contribution in [2.75, 3.05) is 19.0 Å². The number of methoxy groups -OCH3 is 1. The number of ether oxygens (including phenoxy) is 1. The number of rotatable bonds is 7. The van der Waals surface area contributed by atoms with E-state index < -0.39 is 0 Å². The molecule has 0 saturated heterocycles. The maximum atomic E-state index is 11.5. The third-order valence-corrected chi connectivity index (χ3v) is 3.97. The number of carbonyl (C=O) groups is 1. The lowest BCUT2D eigenvalue weighted by Crippen LogP contribution is -2.06. The van der Waals surface area contributed by atoms with E-state index in [2.05, 4.69) is 10.1 Å². The number of nitrogens with one attached hydrogen (secondary N) is 1. The number of phenols is 1. The maximum Gasteiger partial charge on any atom is 0.337 e. The van der Waals surface area contributed by atoms with Crippen LogP contribution in [0.2, 0.25) is 0 Å². The lowest BCUT2D eigenvalue weighted by molar-refractivity contribution is 0.0600. The smallest absolute Gasteiger partial charge is 0.337 e. The van der Waals surface area contributed by atoms with Crippen LogP contribution in [-0.4, -0.2) is 29.8 Å². The summed E-state index contributed by atoms with van der Waals surface area (Å²) in [5.41, 5.74) is 3.97. The van der Waals surface area contributed by atoms with Crippen LogP contribution in [0.3, 0.4) is 0 Å². The molecule has 0 aliphatic heterocycles. The first kappa shape index (κ1) is 17.8. The molecule has 5 heteroatoms. The van der Waals surface area contributed by atoms with Crippen LogP contribution < -0.4 is 5.32 Å². The molecule has 0 spiro atoms. The number of aromatic hydroxyl groups is 1. The van der Waals surface area contributed by atoms with Gasteiger partial charge in [0.15, 0.2) is 0 Å². The Kier molecular flexibility index (Phi) is 6.21. The highest BCUT2D eigenvalue weighted by atomic mass is 16.5. The van der Waals surface area contributed by atoms with Crippen LogP contribution in [0.25, 0.3) is 0 Å². The molecular formula is C19H23NO4. The van der Waals surface area contributed by atoms with Gasteiger partial charge < -0.3 is 20.3 Å². The fraction of sp³-hybridized carbons (Fsp3) is 0.316. The van der Waals surface area contributed by atoms with E-state index in [0.717, 1.165) is 29.8 Å². The monoisotopic (exact) mass is 329 g/mol. The average molecular weight is 329 g/mol. The summed E-state index contributed by atoms with van der Waals surface area (Å²) in [6.07, 6.45) is 1.40. The standard InChI is InChI=1S/C19H23NO4/c1-3-20-17-10-11-18(22)16(12-21)15(17)9-6-13-4-7-14(8-5-13)19(23)24-2/h4-5,7-8,10-11,20-22H,3,6,9,12H2,1-2H3. The van der Waals surface area contributed by atoms with Gasteiger partial charge in [-0.25, -0.2) is 4.79 Å². The Hall–Kier alpha value is -2.53. The quantitative estimate of drug-likeness (QED) is 0.538. The molecule has 0 amide bonds. The van der Waals surface area contributed by atoms with Gasteiger partial charge >= 0.3 is 5.97 Å². The van der Waals surface area contributed by atoms with Crippen molar-refractivity contribution in [3.63, 3.8) is 0 Å². The Morgan fingerprint density at radius 3 is 2.38 bits per heavy atom. The molecule has 2 aromatic carbocycles. The van der Waals surface area contributed by atoms with Gasteiger partial charge in [-0.1, -0.05) is 12.1 Å². The lowest BCUT2D eigenvalue weighted by atomic mass is 9.97. The fourth-order valence-corrected chi connectivity index (χ4v) is 2.69. The molecule has 24 heavy (non-hydrogen) atoms. The summed E-state index contributed by atoms with van der Waals surface area (Å²) >= 11 is 0. The second-order valence-corrected chi connectivity index (χ2v) is 5.47. The molecule has 2 aromatic rings. The summed E-state index contributed by atoms with van der Waals surface area (Å²) < 4.78 is 4.69. The number of esters is 1. The van der Waals surface area contributed by atoms with Gasteiger partial charge in [-0.3, -0.25) is 0 Å². The average Bonchev–Trinajstić information content (AvgIpc) is 2.61. The first-order chi connectivity index (χ1) is 11.6. The zero-order chi connectivity index (χ0) is 17.5. The molecule has 0 atom stereocenters. The van der Waals surface area contributed by atoms with Gasteiger partial charge in [0.1, 0.15) is 5.75 Å². The van der Waals surface area contributed by atoms with Crippen LogP contribution in [0, 0.1) is 0 Å². The Labute approximate surface area is 141 Å². The molecule has 2 rings (SSSR count). The molecule has 3 N–H and O–H groups in total. The number of anilines is 1. The van der Waals surface area contributed by atoms with Crippen molar-refractivity contribution in [3.05, 3.63) is 58.7 Å². The second-order valence-electron chi connectivity index (χ2n) is 5.47. The van der Waals surface area contributed by atoms with E-state index in [1.807, 2.05) is 25.1 Å². The van der Waals surface area contributed by atoms with Crippen LogP contribution in [0.4, 0.5) is 5.69 Å². The zero-order valence-electron chi connectivity index (χ0n) is 14.0. The second kappa shape index (κ2) is 8.36. The topological polar surface area (TPSA) is 78.8 Å². The number of carbonyl (C=O) groups excluding carboxylic acids is 1. The Morgan fingerprint density at radius 2 is 1.79 bits per heavy atom. The summed E-state index contributed by atoms with van der Waals surface area (Å²) in [5, 5.41) is 22.8. The lowest BCUT2D eigenvalue weighted by Gasteiger charge is -2.16. The molecular weight excluding hydrogens is 306 g/mol. The minimum Gasteiger partial charge on any atom is -0.508 e. The third kappa shape index (κ3) is 4.06. The molecule has 0 heterocycles. The van der Waals surface area contributed by atoms with Gasteiger partial charge in [0.2, 0.25) is 0 Å². The minimum atomic E-state index is -0.355. The van der Waals surface area contributed by atoms with E-state index in [0.29, 0.717) is 17.5 Å². The molecule has 0 aliphatic carbocycles. The van der Waals surface area contributed by atoms with E-state index in [4.69, 9.17) is 0 Å². The van der Waals surface area contributed by atoms with Crippen LogP contribution >= 0.6 is 0 Å². The van der Waals surface area contributed by atoms with E-state index in [1.54, 1.807) is 18.2 Å². The highest BCUT2D eigenvalue weighted by Gasteiger charge is 2.12. The van der Waals surface area contributed by atoms with Gasteiger partial charge in [-0.05, 0) is 55.2 Å². The Bertz CT molecular complexity index is 695. The highest BCUT2D eigenvalue weighted by molar-refractivity contribution is 5.89.